The summed E-state index contributed by atoms with van der Waals surface area (Å²) in [7, 11) is -3.88. The van der Waals surface area contributed by atoms with Crippen molar-refractivity contribution in [3.63, 3.8) is 0 Å². The van der Waals surface area contributed by atoms with Crippen LogP contribution in [0.5, 0.6) is 0 Å². The molecule has 2 aliphatic rings. The molecule has 32 heavy (non-hydrogen) atoms. The number of nitrogens with zero attached hydrogens (tertiary/aromatic N) is 3. The van der Waals surface area contributed by atoms with Crippen molar-refractivity contribution in [2.24, 2.45) is 5.92 Å². The van der Waals surface area contributed by atoms with Crippen molar-refractivity contribution in [1.29, 1.82) is 0 Å². The summed E-state index contributed by atoms with van der Waals surface area (Å²) >= 11 is 0. The first-order chi connectivity index (χ1) is 15.4. The van der Waals surface area contributed by atoms with E-state index in [0.717, 1.165) is 0 Å². The molecule has 0 unspecified atom stereocenters. The van der Waals surface area contributed by atoms with Gasteiger partial charge >= 0.3 is 0 Å². The van der Waals surface area contributed by atoms with Crippen LogP contribution in [0.25, 0.3) is 12.2 Å². The number of ether oxygens (including phenoxy) is 1. The fourth-order valence-corrected chi connectivity index (χ4v) is 5.81. The molecule has 3 heterocycles. The second kappa shape index (κ2) is 9.51. The van der Waals surface area contributed by atoms with Gasteiger partial charge in [0.25, 0.3) is 0 Å². The zero-order valence-corrected chi connectivity index (χ0v) is 18.7. The number of morpholine rings is 1. The predicted octanol–water partition coefficient (Wildman–Crippen LogP) is 2.55. The lowest BCUT2D eigenvalue weighted by Gasteiger charge is -2.35. The number of sulfonamides is 1. The Bertz CT molecular complexity index is 1100. The molecule has 2 aromatic rings. The van der Waals surface area contributed by atoms with Crippen molar-refractivity contribution in [2.45, 2.75) is 24.7 Å². The van der Waals surface area contributed by atoms with E-state index in [-0.39, 0.29) is 41.3 Å². The van der Waals surface area contributed by atoms with Crippen LogP contribution in [-0.4, -0.2) is 68.1 Å². The summed E-state index contributed by atoms with van der Waals surface area (Å²) in [4.78, 5) is 14.5. The average molecular weight is 464 g/mol. The fraction of sp³-hybridized carbons (Fsp3) is 0.455. The van der Waals surface area contributed by atoms with Crippen molar-refractivity contribution in [3.05, 3.63) is 47.1 Å². The summed E-state index contributed by atoms with van der Waals surface area (Å²) in [5, 5.41) is 3.82. The second-order valence-corrected chi connectivity index (χ2v) is 9.81. The third-order valence-corrected chi connectivity index (χ3v) is 7.93. The van der Waals surface area contributed by atoms with Crippen LogP contribution in [0, 0.1) is 18.7 Å². The molecule has 0 N–H and O–H groups in total. The average Bonchev–Trinajstić information content (AvgIpc) is 3.20. The Morgan fingerprint density at radius 1 is 1.12 bits per heavy atom. The van der Waals surface area contributed by atoms with Gasteiger partial charge in [0.1, 0.15) is 11.5 Å². The number of hydrogen-bond donors (Lipinski definition) is 0. The minimum absolute atomic E-state index is 0.0250. The van der Waals surface area contributed by atoms with Gasteiger partial charge in [-0.3, -0.25) is 4.79 Å². The van der Waals surface area contributed by atoms with Crippen molar-refractivity contribution in [2.75, 3.05) is 39.4 Å². The number of aromatic nitrogens is 1. The quantitative estimate of drug-likeness (QED) is 0.677. The lowest BCUT2D eigenvalue weighted by molar-refractivity contribution is -0.140. The number of halogens is 1. The smallest absolute Gasteiger partial charge is 0.248 e. The van der Waals surface area contributed by atoms with E-state index < -0.39 is 15.8 Å². The predicted molar refractivity (Wildman–Crippen MR) is 115 cm³/mol. The number of piperidine rings is 1. The molecule has 1 aromatic heterocycles. The Balaban J connectivity index is 1.48. The molecule has 2 aliphatic heterocycles. The highest BCUT2D eigenvalue weighted by molar-refractivity contribution is 7.89. The lowest BCUT2D eigenvalue weighted by Crippen LogP contribution is -2.47. The second-order valence-electron chi connectivity index (χ2n) is 7.93. The number of amides is 1. The Morgan fingerprint density at radius 2 is 1.81 bits per heavy atom. The van der Waals surface area contributed by atoms with Gasteiger partial charge in [0.15, 0.2) is 10.7 Å². The Morgan fingerprint density at radius 3 is 2.50 bits per heavy atom. The van der Waals surface area contributed by atoms with Crippen LogP contribution in [0.15, 0.2) is 33.7 Å². The SMILES string of the molecule is Cc1noc(/C=C/c2ccccc2F)c1S(=O)(=O)N1CCC(C(=O)N2CCOCC2)CC1. The standard InChI is InChI=1S/C22H26FN3O5S/c1-16-21(20(31-24-16)7-6-17-4-2-3-5-19(17)23)32(28,29)26-10-8-18(9-11-26)22(27)25-12-14-30-15-13-25/h2-7,18H,8-15H2,1H3/b7-6+. The van der Waals surface area contributed by atoms with Gasteiger partial charge in [-0.05, 0) is 38.0 Å². The summed E-state index contributed by atoms with van der Waals surface area (Å²) in [5.74, 6) is -0.489. The van der Waals surface area contributed by atoms with E-state index >= 15 is 0 Å². The molecule has 0 aliphatic carbocycles. The van der Waals surface area contributed by atoms with Crippen molar-refractivity contribution >= 4 is 28.1 Å². The van der Waals surface area contributed by atoms with Gasteiger partial charge in [-0.15, -0.1) is 0 Å². The number of benzene rings is 1. The summed E-state index contributed by atoms with van der Waals surface area (Å²) in [6.45, 7) is 4.27. The maximum atomic E-state index is 13.9. The van der Waals surface area contributed by atoms with E-state index in [9.17, 15) is 17.6 Å². The number of rotatable bonds is 5. The Labute approximate surface area is 186 Å². The first-order valence-electron chi connectivity index (χ1n) is 10.6. The number of aryl methyl sites for hydroxylation is 1. The molecule has 172 valence electrons. The number of carbonyl (C=O) groups is 1. The first kappa shape index (κ1) is 22.6. The topological polar surface area (TPSA) is 93.0 Å². The minimum Gasteiger partial charge on any atom is -0.378 e. The van der Waals surface area contributed by atoms with Gasteiger partial charge < -0.3 is 14.2 Å². The molecule has 8 nitrogen and oxygen atoms in total. The van der Waals surface area contributed by atoms with E-state index in [2.05, 4.69) is 5.16 Å². The third-order valence-electron chi connectivity index (χ3n) is 5.88. The normalized spacial score (nSPS) is 19.0. The molecule has 0 bridgehead atoms. The lowest BCUT2D eigenvalue weighted by atomic mass is 9.96. The molecule has 4 rings (SSSR count). The van der Waals surface area contributed by atoms with Gasteiger partial charge in [0.2, 0.25) is 15.9 Å². The molecule has 10 heteroatoms. The Kier molecular flexibility index (Phi) is 6.73. The van der Waals surface area contributed by atoms with E-state index in [1.807, 2.05) is 0 Å². The number of hydrogen-bond acceptors (Lipinski definition) is 6. The molecule has 2 fully saturated rings. The molecule has 0 saturated carbocycles. The van der Waals surface area contributed by atoms with Crippen LogP contribution in [-0.2, 0) is 19.6 Å². The van der Waals surface area contributed by atoms with Crippen LogP contribution < -0.4 is 0 Å². The van der Waals surface area contributed by atoms with E-state index in [1.165, 1.54) is 22.5 Å². The summed E-state index contributed by atoms with van der Waals surface area (Å²) in [6.07, 6.45) is 3.79. The van der Waals surface area contributed by atoms with E-state index in [0.29, 0.717) is 44.7 Å². The molecule has 0 radical (unpaired) electrons. The van der Waals surface area contributed by atoms with E-state index in [4.69, 9.17) is 9.26 Å². The highest BCUT2D eigenvalue weighted by Crippen LogP contribution is 2.30. The number of carbonyl (C=O) groups excluding carboxylic acids is 1. The molecule has 0 atom stereocenters. The monoisotopic (exact) mass is 463 g/mol. The van der Waals surface area contributed by atoms with Crippen LogP contribution in [0.1, 0.15) is 29.9 Å². The maximum absolute atomic E-state index is 13.9. The van der Waals surface area contributed by atoms with Crippen LogP contribution >= 0.6 is 0 Å². The molecule has 1 amide bonds. The molecule has 1 aromatic carbocycles. The van der Waals surface area contributed by atoms with Crippen LogP contribution in [0.4, 0.5) is 4.39 Å². The van der Waals surface area contributed by atoms with Crippen molar-refractivity contribution < 1.29 is 26.9 Å². The summed E-state index contributed by atoms with van der Waals surface area (Å²) in [6, 6.07) is 6.17. The summed E-state index contributed by atoms with van der Waals surface area (Å²) in [5.41, 5.74) is 0.553. The largest absolute Gasteiger partial charge is 0.378 e. The minimum atomic E-state index is -3.88. The molecular weight excluding hydrogens is 437 g/mol. The van der Waals surface area contributed by atoms with Crippen molar-refractivity contribution in [3.8, 4) is 0 Å². The van der Waals surface area contributed by atoms with Gasteiger partial charge in [-0.2, -0.15) is 4.31 Å². The van der Waals surface area contributed by atoms with Crippen LogP contribution in [0.2, 0.25) is 0 Å². The summed E-state index contributed by atoms with van der Waals surface area (Å²) < 4.78 is 52.5. The van der Waals surface area contributed by atoms with Crippen LogP contribution in [0.3, 0.4) is 0 Å². The third kappa shape index (κ3) is 4.62. The fourth-order valence-electron chi connectivity index (χ4n) is 4.09. The van der Waals surface area contributed by atoms with Gasteiger partial charge in [-0.1, -0.05) is 23.4 Å². The van der Waals surface area contributed by atoms with E-state index in [1.54, 1.807) is 30.0 Å². The molecular formula is C22H26FN3O5S. The zero-order valence-electron chi connectivity index (χ0n) is 17.9. The van der Waals surface area contributed by atoms with Gasteiger partial charge in [-0.25, -0.2) is 12.8 Å². The molecule has 0 spiro atoms. The van der Waals surface area contributed by atoms with Gasteiger partial charge in [0, 0.05) is 37.7 Å². The maximum Gasteiger partial charge on any atom is 0.248 e. The zero-order chi connectivity index (χ0) is 22.7. The molecule has 2 saturated heterocycles. The van der Waals surface area contributed by atoms with Crippen molar-refractivity contribution in [1.82, 2.24) is 14.4 Å². The first-order valence-corrected chi connectivity index (χ1v) is 12.1. The van der Waals surface area contributed by atoms with Gasteiger partial charge in [0.05, 0.1) is 13.2 Å². The highest BCUT2D eigenvalue weighted by atomic mass is 32.2. The Hall–Kier alpha value is -2.56. The highest BCUT2D eigenvalue weighted by Gasteiger charge is 2.37.